The number of hydrogen-bond donors (Lipinski definition) is 1. The van der Waals surface area contributed by atoms with Crippen LogP contribution in [0.15, 0.2) is 0 Å². The highest BCUT2D eigenvalue weighted by molar-refractivity contribution is 5.08. The zero-order chi connectivity index (χ0) is 14.4. The van der Waals surface area contributed by atoms with Crippen LogP contribution in [0.4, 0.5) is 0 Å². The quantitative estimate of drug-likeness (QED) is 0.715. The maximum atomic E-state index is 4.19. The van der Waals surface area contributed by atoms with E-state index in [1.807, 2.05) is 0 Å². The van der Waals surface area contributed by atoms with Crippen LogP contribution >= 0.6 is 0 Å². The Hall–Kier alpha value is -0.0400. The van der Waals surface area contributed by atoms with E-state index in [-0.39, 0.29) is 0 Å². The normalized spacial score (nSPS) is 42.0. The zero-order valence-corrected chi connectivity index (χ0v) is 14.2. The molecule has 0 aliphatic heterocycles. The van der Waals surface area contributed by atoms with Gasteiger partial charge in [0.2, 0.25) is 0 Å². The summed E-state index contributed by atoms with van der Waals surface area (Å²) in [4.78, 5) is 0. The van der Waals surface area contributed by atoms with Gasteiger partial charge in [0, 0.05) is 11.1 Å². The van der Waals surface area contributed by atoms with Crippen molar-refractivity contribution in [2.45, 2.75) is 104 Å². The summed E-state index contributed by atoms with van der Waals surface area (Å²) in [5.74, 6) is 0. The highest BCUT2D eigenvalue weighted by atomic mass is 15.1. The van der Waals surface area contributed by atoms with Gasteiger partial charge in [-0.3, -0.25) is 0 Å². The minimum absolute atomic E-state index is 0.300. The molecule has 0 bridgehead atoms. The van der Waals surface area contributed by atoms with Crippen LogP contribution in [0.2, 0.25) is 0 Å². The molecule has 0 amide bonds. The van der Waals surface area contributed by atoms with Gasteiger partial charge in [-0.2, -0.15) is 0 Å². The molecule has 2 saturated carbocycles. The molecule has 2 aliphatic carbocycles. The smallest absolute Gasteiger partial charge is 0.0209 e. The minimum atomic E-state index is 0.300. The third-order valence-corrected chi connectivity index (χ3v) is 7.00. The van der Waals surface area contributed by atoms with Crippen molar-refractivity contribution < 1.29 is 0 Å². The fourth-order valence-corrected chi connectivity index (χ4v) is 4.39. The number of hydrogen-bond acceptors (Lipinski definition) is 1. The summed E-state index contributed by atoms with van der Waals surface area (Å²) in [6.45, 7) is 14.9. The Labute approximate surface area is 120 Å². The van der Waals surface area contributed by atoms with Gasteiger partial charge in [0.15, 0.2) is 0 Å². The molecule has 2 unspecified atom stereocenters. The van der Waals surface area contributed by atoms with E-state index in [0.717, 1.165) is 0 Å². The third kappa shape index (κ3) is 2.60. The largest absolute Gasteiger partial charge is 0.305 e. The van der Waals surface area contributed by atoms with E-state index < -0.39 is 0 Å². The van der Waals surface area contributed by atoms with Crippen LogP contribution in [0, 0.1) is 10.8 Å². The first-order chi connectivity index (χ1) is 8.62. The van der Waals surface area contributed by atoms with Crippen LogP contribution in [0.1, 0.15) is 92.9 Å². The van der Waals surface area contributed by atoms with Gasteiger partial charge >= 0.3 is 0 Å². The second-order valence-corrected chi connectivity index (χ2v) is 8.97. The van der Waals surface area contributed by atoms with Gasteiger partial charge in [-0.1, -0.05) is 53.4 Å². The average Bonchev–Trinajstić information content (AvgIpc) is 2.27. The second-order valence-electron chi connectivity index (χ2n) is 8.97. The molecule has 2 atom stereocenters. The van der Waals surface area contributed by atoms with E-state index in [0.29, 0.717) is 21.9 Å². The number of nitrogens with one attached hydrogen (secondary N) is 1. The monoisotopic (exact) mass is 265 g/mol. The fourth-order valence-electron chi connectivity index (χ4n) is 4.39. The predicted molar refractivity (Wildman–Crippen MR) is 84.4 cm³/mol. The van der Waals surface area contributed by atoms with E-state index in [1.54, 1.807) is 0 Å². The Kier molecular flexibility index (Phi) is 3.84. The molecule has 0 heterocycles. The Morgan fingerprint density at radius 1 is 0.526 bits per heavy atom. The van der Waals surface area contributed by atoms with Gasteiger partial charge in [-0.25, -0.2) is 0 Å². The SMILES string of the molecule is CC1(C)CCCCC1(C)NC1(C)CCCCC1(C)C. The Balaban J connectivity index is 2.22. The fraction of sp³-hybridized carbons (Fsp3) is 1.00. The molecule has 19 heavy (non-hydrogen) atoms. The molecule has 1 heteroatoms. The van der Waals surface area contributed by atoms with E-state index in [4.69, 9.17) is 0 Å². The lowest BCUT2D eigenvalue weighted by Gasteiger charge is -2.58. The number of rotatable bonds is 2. The summed E-state index contributed by atoms with van der Waals surface area (Å²) in [7, 11) is 0. The third-order valence-electron chi connectivity index (χ3n) is 7.00. The van der Waals surface area contributed by atoms with Crippen LogP contribution in [-0.4, -0.2) is 11.1 Å². The zero-order valence-electron chi connectivity index (χ0n) is 14.2. The Bertz CT molecular complexity index is 299. The molecule has 112 valence electrons. The molecular formula is C18H35N. The van der Waals surface area contributed by atoms with Crippen molar-refractivity contribution in [2.24, 2.45) is 10.8 Å². The Morgan fingerprint density at radius 3 is 1.16 bits per heavy atom. The van der Waals surface area contributed by atoms with Gasteiger partial charge in [-0.05, 0) is 50.4 Å². The highest BCUT2D eigenvalue weighted by Crippen LogP contribution is 2.49. The summed E-state index contributed by atoms with van der Waals surface area (Å²) >= 11 is 0. The van der Waals surface area contributed by atoms with Crippen LogP contribution in [0.25, 0.3) is 0 Å². The lowest BCUT2D eigenvalue weighted by atomic mass is 9.59. The van der Waals surface area contributed by atoms with Crippen molar-refractivity contribution in [1.82, 2.24) is 5.32 Å². The minimum Gasteiger partial charge on any atom is -0.305 e. The van der Waals surface area contributed by atoms with E-state index in [9.17, 15) is 0 Å². The van der Waals surface area contributed by atoms with Crippen LogP contribution < -0.4 is 5.32 Å². The summed E-state index contributed by atoms with van der Waals surface area (Å²) < 4.78 is 0. The first-order valence-electron chi connectivity index (χ1n) is 8.41. The second kappa shape index (κ2) is 4.76. The van der Waals surface area contributed by atoms with Gasteiger partial charge < -0.3 is 5.32 Å². The summed E-state index contributed by atoms with van der Waals surface area (Å²) in [6, 6.07) is 0. The van der Waals surface area contributed by atoms with Gasteiger partial charge in [-0.15, -0.1) is 0 Å². The van der Waals surface area contributed by atoms with Crippen LogP contribution in [0.3, 0.4) is 0 Å². The van der Waals surface area contributed by atoms with Crippen molar-refractivity contribution in [2.75, 3.05) is 0 Å². The van der Waals surface area contributed by atoms with E-state index >= 15 is 0 Å². The molecule has 0 saturated heterocycles. The first-order valence-corrected chi connectivity index (χ1v) is 8.41. The first kappa shape index (κ1) is 15.4. The van der Waals surface area contributed by atoms with E-state index in [2.05, 4.69) is 46.9 Å². The molecule has 1 nitrogen and oxygen atoms in total. The van der Waals surface area contributed by atoms with Crippen molar-refractivity contribution in [1.29, 1.82) is 0 Å². The van der Waals surface area contributed by atoms with Gasteiger partial charge in [0.25, 0.3) is 0 Å². The molecule has 2 aliphatic rings. The highest BCUT2D eigenvalue weighted by Gasteiger charge is 2.51. The summed E-state index contributed by atoms with van der Waals surface area (Å²) in [6.07, 6.45) is 11.0. The molecule has 0 aromatic heterocycles. The molecule has 0 spiro atoms. The van der Waals surface area contributed by atoms with Crippen molar-refractivity contribution in [3.8, 4) is 0 Å². The summed E-state index contributed by atoms with van der Waals surface area (Å²) in [5, 5.41) is 4.19. The lowest BCUT2D eigenvalue weighted by molar-refractivity contribution is -0.0131. The Morgan fingerprint density at radius 2 is 0.842 bits per heavy atom. The molecular weight excluding hydrogens is 230 g/mol. The topological polar surface area (TPSA) is 12.0 Å². The maximum Gasteiger partial charge on any atom is 0.0209 e. The molecule has 2 fully saturated rings. The summed E-state index contributed by atoms with van der Waals surface area (Å²) in [5.41, 5.74) is 1.44. The molecule has 1 N–H and O–H groups in total. The van der Waals surface area contributed by atoms with Crippen molar-refractivity contribution >= 4 is 0 Å². The molecule has 0 aromatic rings. The average molecular weight is 265 g/mol. The lowest BCUT2D eigenvalue weighted by Crippen LogP contribution is -2.67. The van der Waals surface area contributed by atoms with Crippen molar-refractivity contribution in [3.05, 3.63) is 0 Å². The van der Waals surface area contributed by atoms with Gasteiger partial charge in [0.1, 0.15) is 0 Å². The predicted octanol–water partition coefficient (Wildman–Crippen LogP) is 5.29. The standard InChI is InChI=1S/C18H35N/c1-15(2)11-7-9-13-17(15,5)19-18(6)14-10-8-12-16(18,3)4/h19H,7-14H2,1-6H3. The maximum absolute atomic E-state index is 4.19. The molecule has 2 rings (SSSR count). The van der Waals surface area contributed by atoms with Gasteiger partial charge in [0.05, 0.1) is 0 Å². The van der Waals surface area contributed by atoms with Crippen LogP contribution in [0.5, 0.6) is 0 Å². The van der Waals surface area contributed by atoms with E-state index in [1.165, 1.54) is 51.4 Å². The molecule has 0 aromatic carbocycles. The molecule has 0 radical (unpaired) electrons. The van der Waals surface area contributed by atoms with Crippen LogP contribution in [-0.2, 0) is 0 Å². The van der Waals surface area contributed by atoms with Crippen molar-refractivity contribution in [3.63, 3.8) is 0 Å².